The lowest BCUT2D eigenvalue weighted by atomic mass is 9.98. The van der Waals surface area contributed by atoms with Gasteiger partial charge in [-0.1, -0.05) is 12.1 Å². The number of carbonyl (C=O) groups excluding carboxylic acids is 2. The molecule has 1 aliphatic heterocycles. The summed E-state index contributed by atoms with van der Waals surface area (Å²) >= 11 is 0. The van der Waals surface area contributed by atoms with E-state index in [-0.39, 0.29) is 11.8 Å². The quantitative estimate of drug-likeness (QED) is 0.757. The predicted octanol–water partition coefficient (Wildman–Crippen LogP) is 1.01. The molecule has 0 aromatic heterocycles. The molecule has 1 atom stereocenters. The third kappa shape index (κ3) is 4.56. The van der Waals surface area contributed by atoms with Gasteiger partial charge in [-0.2, -0.15) is 0 Å². The second kappa shape index (κ2) is 6.26. The second-order valence-electron chi connectivity index (χ2n) is 6.12. The smallest absolute Gasteiger partial charge is 0.251 e. The molecule has 0 radical (unpaired) electrons. The van der Waals surface area contributed by atoms with Crippen LogP contribution >= 0.6 is 0 Å². The Morgan fingerprint density at radius 3 is 2.86 bits per heavy atom. The van der Waals surface area contributed by atoms with Gasteiger partial charge >= 0.3 is 0 Å². The highest BCUT2D eigenvalue weighted by atomic mass is 16.3. The maximum atomic E-state index is 12.2. The molecule has 2 amide bonds. The van der Waals surface area contributed by atoms with Gasteiger partial charge in [0.1, 0.15) is 6.04 Å². The van der Waals surface area contributed by atoms with Gasteiger partial charge in [0.15, 0.2) is 0 Å². The third-order valence-electron chi connectivity index (χ3n) is 3.57. The fourth-order valence-corrected chi connectivity index (χ4v) is 2.29. The van der Waals surface area contributed by atoms with Gasteiger partial charge in [0, 0.05) is 12.1 Å². The van der Waals surface area contributed by atoms with E-state index in [9.17, 15) is 14.7 Å². The van der Waals surface area contributed by atoms with Crippen molar-refractivity contribution in [1.29, 1.82) is 0 Å². The second-order valence-corrected chi connectivity index (χ2v) is 6.12. The molecule has 21 heavy (non-hydrogen) atoms. The predicted molar refractivity (Wildman–Crippen MR) is 79.9 cm³/mol. The van der Waals surface area contributed by atoms with E-state index in [0.29, 0.717) is 31.4 Å². The molecule has 0 aliphatic carbocycles. The van der Waals surface area contributed by atoms with E-state index in [1.807, 2.05) is 18.2 Å². The highest BCUT2D eigenvalue weighted by Gasteiger charge is 2.25. The van der Waals surface area contributed by atoms with Gasteiger partial charge in [-0.25, -0.2) is 0 Å². The van der Waals surface area contributed by atoms with Crippen molar-refractivity contribution in [2.45, 2.75) is 44.8 Å². The van der Waals surface area contributed by atoms with E-state index < -0.39 is 11.6 Å². The Morgan fingerprint density at radius 1 is 1.48 bits per heavy atom. The zero-order valence-electron chi connectivity index (χ0n) is 12.5. The minimum absolute atomic E-state index is 0.124. The van der Waals surface area contributed by atoms with Gasteiger partial charge < -0.3 is 15.7 Å². The lowest BCUT2D eigenvalue weighted by Crippen LogP contribution is -2.40. The molecule has 5 heteroatoms. The highest BCUT2D eigenvalue weighted by Crippen LogP contribution is 2.14. The maximum Gasteiger partial charge on any atom is 0.251 e. The molecule has 0 saturated carbocycles. The molecule has 0 unspecified atom stereocenters. The molecule has 1 aromatic carbocycles. The first kappa shape index (κ1) is 15.5. The van der Waals surface area contributed by atoms with E-state index in [0.717, 1.165) is 5.56 Å². The summed E-state index contributed by atoms with van der Waals surface area (Å²) in [5.41, 5.74) is 0.823. The molecule has 1 aromatic rings. The lowest BCUT2D eigenvalue weighted by molar-refractivity contribution is -0.120. The van der Waals surface area contributed by atoms with Gasteiger partial charge in [-0.3, -0.25) is 9.59 Å². The Kier molecular flexibility index (Phi) is 4.63. The third-order valence-corrected chi connectivity index (χ3v) is 3.57. The number of hydrogen-bond donors (Lipinski definition) is 3. The summed E-state index contributed by atoms with van der Waals surface area (Å²) in [7, 11) is 0. The first-order valence-corrected chi connectivity index (χ1v) is 7.25. The summed E-state index contributed by atoms with van der Waals surface area (Å²) in [6.07, 6.45) is 1.96. The van der Waals surface area contributed by atoms with Crippen LogP contribution in [0.25, 0.3) is 0 Å². The standard InChI is InChI=1S/C16H22N2O3/c1-16(2,21)8-6-11-4-3-5-12(10-11)14(19)18-13-7-9-17-15(13)20/h3-5,10,13,21H,6-9H2,1-2H3,(H,17,20)(H,18,19)/t13-/m0/s1. The van der Waals surface area contributed by atoms with Crippen molar-refractivity contribution in [2.24, 2.45) is 0 Å². The number of hydrogen-bond acceptors (Lipinski definition) is 3. The SMILES string of the molecule is CC(C)(O)CCc1cccc(C(=O)N[C@H]2CCNC2=O)c1. The van der Waals surface area contributed by atoms with Crippen molar-refractivity contribution in [1.82, 2.24) is 10.6 Å². The number of benzene rings is 1. The van der Waals surface area contributed by atoms with Gasteiger partial charge in [-0.15, -0.1) is 0 Å². The largest absolute Gasteiger partial charge is 0.390 e. The number of nitrogens with one attached hydrogen (secondary N) is 2. The Bertz CT molecular complexity index is 535. The molecule has 1 fully saturated rings. The van der Waals surface area contributed by atoms with Gasteiger partial charge in [0.05, 0.1) is 5.60 Å². The van der Waals surface area contributed by atoms with Crippen LogP contribution in [-0.2, 0) is 11.2 Å². The molecule has 0 bridgehead atoms. The molecular formula is C16H22N2O3. The first-order valence-electron chi connectivity index (χ1n) is 7.25. The fraction of sp³-hybridized carbons (Fsp3) is 0.500. The summed E-state index contributed by atoms with van der Waals surface area (Å²) < 4.78 is 0. The number of amides is 2. The number of rotatable bonds is 5. The Hall–Kier alpha value is -1.88. The van der Waals surface area contributed by atoms with Crippen molar-refractivity contribution in [3.05, 3.63) is 35.4 Å². The molecule has 0 spiro atoms. The Morgan fingerprint density at radius 2 is 2.24 bits per heavy atom. The molecule has 5 nitrogen and oxygen atoms in total. The van der Waals surface area contributed by atoms with Crippen LogP contribution in [0.3, 0.4) is 0 Å². The normalized spacial score (nSPS) is 18.4. The fourth-order valence-electron chi connectivity index (χ4n) is 2.29. The van der Waals surface area contributed by atoms with Gasteiger partial charge in [-0.05, 0) is 50.8 Å². The van der Waals surface area contributed by atoms with Gasteiger partial charge in [0.25, 0.3) is 5.91 Å². The van der Waals surface area contributed by atoms with E-state index in [1.165, 1.54) is 0 Å². The van der Waals surface area contributed by atoms with Crippen molar-refractivity contribution < 1.29 is 14.7 Å². The summed E-state index contributed by atoms with van der Waals surface area (Å²) in [6.45, 7) is 4.14. The first-order chi connectivity index (χ1) is 9.85. The minimum atomic E-state index is -0.722. The Labute approximate surface area is 124 Å². The zero-order valence-corrected chi connectivity index (χ0v) is 12.5. The van der Waals surface area contributed by atoms with Crippen LogP contribution in [0, 0.1) is 0 Å². The molecule has 114 valence electrons. The highest BCUT2D eigenvalue weighted by molar-refractivity contribution is 5.98. The van der Waals surface area contributed by atoms with Crippen LogP contribution < -0.4 is 10.6 Å². The summed E-state index contributed by atoms with van der Waals surface area (Å²) in [6, 6.07) is 6.87. The van der Waals surface area contributed by atoms with Gasteiger partial charge in [0.2, 0.25) is 5.91 Å². The molecule has 3 N–H and O–H groups in total. The van der Waals surface area contributed by atoms with Crippen molar-refractivity contribution in [3.63, 3.8) is 0 Å². The summed E-state index contributed by atoms with van der Waals surface area (Å²) in [5.74, 6) is -0.358. The molecule has 2 rings (SSSR count). The average molecular weight is 290 g/mol. The van der Waals surface area contributed by atoms with Crippen molar-refractivity contribution in [3.8, 4) is 0 Å². The molecule has 1 heterocycles. The van der Waals surface area contributed by atoms with E-state index in [1.54, 1.807) is 19.9 Å². The number of aryl methyl sites for hydroxylation is 1. The lowest BCUT2D eigenvalue weighted by Gasteiger charge is -2.17. The number of aliphatic hydroxyl groups is 1. The molecular weight excluding hydrogens is 268 g/mol. The average Bonchev–Trinajstić information content (AvgIpc) is 2.81. The summed E-state index contributed by atoms with van der Waals surface area (Å²) in [4.78, 5) is 23.6. The van der Waals surface area contributed by atoms with E-state index in [4.69, 9.17) is 0 Å². The van der Waals surface area contributed by atoms with E-state index in [2.05, 4.69) is 10.6 Å². The topological polar surface area (TPSA) is 78.4 Å². The van der Waals surface area contributed by atoms with Crippen molar-refractivity contribution in [2.75, 3.05) is 6.54 Å². The summed E-state index contributed by atoms with van der Waals surface area (Å²) in [5, 5.41) is 15.2. The van der Waals surface area contributed by atoms with E-state index >= 15 is 0 Å². The van der Waals surface area contributed by atoms with Crippen molar-refractivity contribution >= 4 is 11.8 Å². The van der Waals surface area contributed by atoms with Crippen LogP contribution in [-0.4, -0.2) is 35.1 Å². The molecule has 1 saturated heterocycles. The molecule has 1 aliphatic rings. The maximum absolute atomic E-state index is 12.2. The van der Waals surface area contributed by atoms with Crippen LogP contribution in [0.1, 0.15) is 42.6 Å². The zero-order chi connectivity index (χ0) is 15.5. The van der Waals surface area contributed by atoms with Crippen LogP contribution in [0.15, 0.2) is 24.3 Å². The van der Waals surface area contributed by atoms with Crippen LogP contribution in [0.4, 0.5) is 0 Å². The minimum Gasteiger partial charge on any atom is -0.390 e. The monoisotopic (exact) mass is 290 g/mol. The Balaban J connectivity index is 1.99. The van der Waals surface area contributed by atoms with Crippen LogP contribution in [0.2, 0.25) is 0 Å². The van der Waals surface area contributed by atoms with Crippen LogP contribution in [0.5, 0.6) is 0 Å². The number of carbonyl (C=O) groups is 2.